The molecule has 1 saturated carbocycles. The molecule has 1 heteroatoms. The molecule has 27 heavy (non-hydrogen) atoms. The maximum Gasteiger partial charge on any atom is 0.0991 e. The van der Waals surface area contributed by atoms with Gasteiger partial charge in [-0.25, -0.2) is 0 Å². The lowest BCUT2D eigenvalue weighted by molar-refractivity contribution is 0.310. The first-order valence-electron chi connectivity index (χ1n) is 10.9. The second-order valence-electron chi connectivity index (χ2n) is 8.26. The molecule has 2 aromatic rings. The van der Waals surface area contributed by atoms with Gasteiger partial charge in [0, 0.05) is 0 Å². The molecule has 0 aliphatic heterocycles. The quantitative estimate of drug-likeness (QED) is 0.457. The molecule has 0 spiro atoms. The van der Waals surface area contributed by atoms with Gasteiger partial charge in [-0.05, 0) is 92.0 Å². The molecule has 1 aliphatic rings. The fraction of sp³-hybridized carbons (Fsp3) is 0.500. The third-order valence-corrected chi connectivity index (χ3v) is 6.29. The highest BCUT2D eigenvalue weighted by Crippen LogP contribution is 2.37. The second kappa shape index (κ2) is 10.3. The summed E-state index contributed by atoms with van der Waals surface area (Å²) in [5.74, 6) is 1.63. The van der Waals surface area contributed by atoms with Crippen LogP contribution >= 0.6 is 0 Å². The Labute approximate surface area is 165 Å². The summed E-state index contributed by atoms with van der Waals surface area (Å²) >= 11 is 0. The van der Waals surface area contributed by atoms with Crippen molar-refractivity contribution in [3.8, 4) is 6.07 Å². The maximum atomic E-state index is 8.89. The lowest BCUT2D eigenvalue weighted by Gasteiger charge is -2.29. The number of nitrogens with zero attached hydrogens (tertiary/aromatic N) is 1. The Morgan fingerprint density at radius 1 is 0.815 bits per heavy atom. The first kappa shape index (κ1) is 19.7. The van der Waals surface area contributed by atoms with Gasteiger partial charge >= 0.3 is 0 Å². The summed E-state index contributed by atoms with van der Waals surface area (Å²) in [6, 6.07) is 19.8. The van der Waals surface area contributed by atoms with Crippen molar-refractivity contribution < 1.29 is 0 Å². The third kappa shape index (κ3) is 5.96. The fourth-order valence-corrected chi connectivity index (χ4v) is 4.44. The van der Waals surface area contributed by atoms with Gasteiger partial charge < -0.3 is 0 Å². The maximum absolute atomic E-state index is 8.89. The fourth-order valence-electron chi connectivity index (χ4n) is 4.44. The van der Waals surface area contributed by atoms with Crippen molar-refractivity contribution in [2.75, 3.05) is 0 Å². The number of hydrogen-bond acceptors (Lipinski definition) is 1. The molecule has 0 N–H and O–H groups in total. The molecule has 2 aromatic carbocycles. The van der Waals surface area contributed by atoms with Crippen molar-refractivity contribution in [1.29, 1.82) is 5.26 Å². The average Bonchev–Trinajstić information content (AvgIpc) is 2.74. The number of nitriles is 1. The summed E-state index contributed by atoms with van der Waals surface area (Å²) < 4.78 is 0. The molecular weight excluding hydrogens is 326 g/mol. The second-order valence-corrected chi connectivity index (χ2v) is 8.26. The van der Waals surface area contributed by atoms with E-state index in [0.717, 1.165) is 23.8 Å². The van der Waals surface area contributed by atoms with Gasteiger partial charge in [-0.3, -0.25) is 0 Å². The molecule has 0 heterocycles. The van der Waals surface area contributed by atoms with E-state index in [1.54, 1.807) is 5.56 Å². The number of unbranched alkanes of at least 4 members (excludes halogenated alkanes) is 2. The Balaban J connectivity index is 1.42. The topological polar surface area (TPSA) is 23.8 Å². The predicted octanol–water partition coefficient (Wildman–Crippen LogP) is 7.20. The van der Waals surface area contributed by atoms with Crippen LogP contribution < -0.4 is 0 Å². The summed E-state index contributed by atoms with van der Waals surface area (Å²) in [7, 11) is 0. The third-order valence-electron chi connectivity index (χ3n) is 6.29. The lowest BCUT2D eigenvalue weighted by atomic mass is 9.77. The van der Waals surface area contributed by atoms with Gasteiger partial charge in [0.25, 0.3) is 0 Å². The van der Waals surface area contributed by atoms with Crippen LogP contribution in [0.15, 0.2) is 48.5 Å². The van der Waals surface area contributed by atoms with Gasteiger partial charge in [-0.15, -0.1) is 0 Å². The van der Waals surface area contributed by atoms with Crippen LogP contribution in [0.3, 0.4) is 0 Å². The van der Waals surface area contributed by atoms with Gasteiger partial charge in [0.15, 0.2) is 0 Å². The number of aryl methyl sites for hydroxylation is 2. The zero-order chi connectivity index (χ0) is 18.9. The molecule has 0 aromatic heterocycles. The van der Waals surface area contributed by atoms with Crippen LogP contribution in [0.2, 0.25) is 0 Å². The molecule has 1 nitrogen and oxygen atoms in total. The summed E-state index contributed by atoms with van der Waals surface area (Å²) in [5.41, 5.74) is 5.19. The van der Waals surface area contributed by atoms with E-state index < -0.39 is 0 Å². The first-order valence-corrected chi connectivity index (χ1v) is 10.9. The minimum Gasteiger partial charge on any atom is -0.192 e. The average molecular weight is 360 g/mol. The molecule has 3 rings (SSSR count). The Bertz CT molecular complexity index is 712. The molecule has 1 aliphatic carbocycles. The largest absolute Gasteiger partial charge is 0.192 e. The molecule has 142 valence electrons. The molecule has 0 atom stereocenters. The standard InChI is InChI=1S/C26H33N/c1-2-3-4-5-21-12-16-25(17-13-21)26-18-14-23(15-19-26)7-6-22-8-10-24(20-27)11-9-22/h8-13,16-17,23,26H,2-7,14-15,18-19H2,1H3. The van der Waals surface area contributed by atoms with Gasteiger partial charge in [-0.1, -0.05) is 56.2 Å². The van der Waals surface area contributed by atoms with Crippen LogP contribution in [0.4, 0.5) is 0 Å². The molecule has 0 bridgehead atoms. The SMILES string of the molecule is CCCCCc1ccc(C2CCC(CCc3ccc(C#N)cc3)CC2)cc1. The van der Waals surface area contributed by atoms with E-state index in [1.807, 2.05) is 12.1 Å². The van der Waals surface area contributed by atoms with Crippen molar-refractivity contribution in [3.05, 3.63) is 70.8 Å². The minimum atomic E-state index is 0.760. The van der Waals surface area contributed by atoms with Crippen molar-refractivity contribution >= 4 is 0 Å². The summed E-state index contributed by atoms with van der Waals surface area (Å²) in [6.45, 7) is 2.27. The smallest absolute Gasteiger partial charge is 0.0991 e. The van der Waals surface area contributed by atoms with E-state index in [1.165, 1.54) is 68.9 Å². The number of hydrogen-bond donors (Lipinski definition) is 0. The van der Waals surface area contributed by atoms with Crippen molar-refractivity contribution in [3.63, 3.8) is 0 Å². The monoisotopic (exact) mass is 359 g/mol. The van der Waals surface area contributed by atoms with E-state index in [0.29, 0.717) is 0 Å². The van der Waals surface area contributed by atoms with E-state index >= 15 is 0 Å². The molecule has 0 amide bonds. The zero-order valence-electron chi connectivity index (χ0n) is 16.8. The molecular formula is C26H33N. The number of benzene rings is 2. The summed E-state index contributed by atoms with van der Waals surface area (Å²) in [4.78, 5) is 0. The van der Waals surface area contributed by atoms with Crippen LogP contribution in [-0.4, -0.2) is 0 Å². The lowest BCUT2D eigenvalue weighted by Crippen LogP contribution is -2.14. The molecule has 1 fully saturated rings. The normalized spacial score (nSPS) is 19.6. The van der Waals surface area contributed by atoms with Crippen LogP contribution in [0.1, 0.15) is 86.5 Å². The van der Waals surface area contributed by atoms with E-state index in [2.05, 4.69) is 49.4 Å². The Morgan fingerprint density at radius 3 is 2.07 bits per heavy atom. The van der Waals surface area contributed by atoms with Crippen molar-refractivity contribution in [2.24, 2.45) is 5.92 Å². The van der Waals surface area contributed by atoms with E-state index in [4.69, 9.17) is 5.26 Å². The highest BCUT2D eigenvalue weighted by Gasteiger charge is 2.22. The Hall–Kier alpha value is -2.07. The van der Waals surface area contributed by atoms with E-state index in [-0.39, 0.29) is 0 Å². The molecule has 0 radical (unpaired) electrons. The Kier molecular flexibility index (Phi) is 7.52. The van der Waals surface area contributed by atoms with E-state index in [9.17, 15) is 0 Å². The number of rotatable bonds is 8. The molecule has 0 saturated heterocycles. The van der Waals surface area contributed by atoms with Gasteiger partial charge in [0.2, 0.25) is 0 Å². The highest BCUT2D eigenvalue weighted by atomic mass is 14.3. The van der Waals surface area contributed by atoms with Crippen LogP contribution in [0, 0.1) is 17.2 Å². The minimum absolute atomic E-state index is 0.760. The van der Waals surface area contributed by atoms with Gasteiger partial charge in [0.1, 0.15) is 0 Å². The van der Waals surface area contributed by atoms with Crippen LogP contribution in [0.25, 0.3) is 0 Å². The zero-order valence-corrected chi connectivity index (χ0v) is 16.8. The first-order chi connectivity index (χ1) is 13.3. The van der Waals surface area contributed by atoms with Crippen LogP contribution in [0.5, 0.6) is 0 Å². The van der Waals surface area contributed by atoms with Crippen molar-refractivity contribution in [1.82, 2.24) is 0 Å². The summed E-state index contributed by atoms with van der Waals surface area (Å²) in [5, 5.41) is 8.89. The predicted molar refractivity (Wildman–Crippen MR) is 114 cm³/mol. The van der Waals surface area contributed by atoms with Gasteiger partial charge in [0.05, 0.1) is 11.6 Å². The van der Waals surface area contributed by atoms with Crippen molar-refractivity contribution in [2.45, 2.75) is 77.0 Å². The Morgan fingerprint density at radius 2 is 1.44 bits per heavy atom. The van der Waals surface area contributed by atoms with Gasteiger partial charge in [-0.2, -0.15) is 5.26 Å². The summed E-state index contributed by atoms with van der Waals surface area (Å²) in [6.07, 6.45) is 13.0. The van der Waals surface area contributed by atoms with Crippen LogP contribution in [-0.2, 0) is 12.8 Å². The highest BCUT2D eigenvalue weighted by molar-refractivity contribution is 5.31. The molecule has 0 unspecified atom stereocenters.